The molecule has 0 saturated carbocycles. The number of halogens is 1. The Labute approximate surface area is 215 Å². The molecule has 2 N–H and O–H groups in total. The van der Waals surface area contributed by atoms with Gasteiger partial charge in [0.25, 0.3) is 0 Å². The standard InChI is InChI=1S/C27H26ClN3O4S/c1-27(2,3)30-36(34,35)25-11-7-4-8-21(25)19-14-12-18(13-15-19)16-20-17-24(26(32)33)31(29-20)23-10-6-5-9-22(23)28/h4-15,17,30H,16H2,1-3H3,(H,32,33). The van der Waals surface area contributed by atoms with Crippen molar-refractivity contribution in [3.05, 3.63) is 101 Å². The molecule has 0 amide bonds. The van der Waals surface area contributed by atoms with Crippen molar-refractivity contribution in [3.63, 3.8) is 0 Å². The summed E-state index contributed by atoms with van der Waals surface area (Å²) >= 11 is 6.26. The van der Waals surface area contributed by atoms with Gasteiger partial charge >= 0.3 is 5.97 Å². The lowest BCUT2D eigenvalue weighted by molar-refractivity contribution is 0.0687. The lowest BCUT2D eigenvalue weighted by Crippen LogP contribution is -2.40. The van der Waals surface area contributed by atoms with E-state index in [4.69, 9.17) is 11.6 Å². The van der Waals surface area contributed by atoms with Gasteiger partial charge in [0.05, 0.1) is 21.3 Å². The number of nitrogens with zero attached hydrogens (tertiary/aromatic N) is 2. The number of nitrogens with one attached hydrogen (secondary N) is 1. The van der Waals surface area contributed by atoms with Gasteiger partial charge in [-0.2, -0.15) is 5.10 Å². The van der Waals surface area contributed by atoms with Crippen LogP contribution in [0.4, 0.5) is 0 Å². The van der Waals surface area contributed by atoms with Crippen LogP contribution in [0.2, 0.25) is 5.02 Å². The Balaban J connectivity index is 1.63. The third kappa shape index (κ3) is 5.67. The first-order valence-corrected chi connectivity index (χ1v) is 13.1. The summed E-state index contributed by atoms with van der Waals surface area (Å²) in [6.07, 6.45) is 0.392. The Bertz CT molecular complexity index is 1520. The van der Waals surface area contributed by atoms with Gasteiger partial charge in [-0.25, -0.2) is 22.6 Å². The van der Waals surface area contributed by atoms with Gasteiger partial charge in [-0.3, -0.25) is 0 Å². The van der Waals surface area contributed by atoms with Crippen molar-refractivity contribution < 1.29 is 18.3 Å². The first kappa shape index (κ1) is 25.6. The van der Waals surface area contributed by atoms with Crippen LogP contribution in [0.5, 0.6) is 0 Å². The molecule has 1 heterocycles. The number of benzene rings is 3. The quantitative estimate of drug-likeness (QED) is 0.330. The van der Waals surface area contributed by atoms with Gasteiger partial charge in [0, 0.05) is 17.5 Å². The number of hydrogen-bond donors (Lipinski definition) is 2. The normalized spacial score (nSPS) is 12.0. The number of para-hydroxylation sites is 1. The Morgan fingerprint density at radius 2 is 1.64 bits per heavy atom. The van der Waals surface area contributed by atoms with Gasteiger partial charge in [0.2, 0.25) is 10.0 Å². The van der Waals surface area contributed by atoms with Crippen molar-refractivity contribution >= 4 is 27.6 Å². The van der Waals surface area contributed by atoms with Crippen molar-refractivity contribution in [2.75, 3.05) is 0 Å². The zero-order valence-corrected chi connectivity index (χ0v) is 21.6. The highest BCUT2D eigenvalue weighted by molar-refractivity contribution is 7.89. The van der Waals surface area contributed by atoms with Gasteiger partial charge in [-0.15, -0.1) is 0 Å². The number of rotatable bonds is 7. The molecule has 0 fully saturated rings. The van der Waals surface area contributed by atoms with Gasteiger partial charge in [-0.05, 0) is 56.2 Å². The van der Waals surface area contributed by atoms with Gasteiger partial charge in [-0.1, -0.05) is 66.2 Å². The summed E-state index contributed by atoms with van der Waals surface area (Å²) in [6.45, 7) is 5.39. The summed E-state index contributed by atoms with van der Waals surface area (Å²) in [5.74, 6) is -1.11. The zero-order chi connectivity index (χ0) is 26.1. The van der Waals surface area contributed by atoms with Crippen LogP contribution < -0.4 is 4.72 Å². The van der Waals surface area contributed by atoms with Crippen molar-refractivity contribution in [1.29, 1.82) is 0 Å². The minimum absolute atomic E-state index is 0.0141. The maximum atomic E-state index is 13.0. The molecule has 3 aromatic carbocycles. The van der Waals surface area contributed by atoms with Gasteiger partial charge < -0.3 is 5.11 Å². The lowest BCUT2D eigenvalue weighted by atomic mass is 10.0. The van der Waals surface area contributed by atoms with Gasteiger partial charge in [0.15, 0.2) is 5.69 Å². The number of carboxylic acids is 1. The first-order valence-electron chi connectivity index (χ1n) is 11.2. The number of carboxylic acid groups (broad SMARTS) is 1. The molecule has 4 rings (SSSR count). The maximum Gasteiger partial charge on any atom is 0.354 e. The minimum atomic E-state index is -3.72. The van der Waals surface area contributed by atoms with Crippen LogP contribution in [0.15, 0.2) is 83.8 Å². The van der Waals surface area contributed by atoms with Gasteiger partial charge in [0.1, 0.15) is 0 Å². The molecule has 0 saturated heterocycles. The van der Waals surface area contributed by atoms with Crippen LogP contribution in [-0.4, -0.2) is 34.8 Å². The molecular formula is C27H26ClN3O4S. The van der Waals surface area contributed by atoms with Crippen molar-refractivity contribution in [2.24, 2.45) is 0 Å². The number of aromatic carboxylic acids is 1. The Morgan fingerprint density at radius 3 is 2.28 bits per heavy atom. The molecule has 0 bridgehead atoms. The summed E-state index contributed by atoms with van der Waals surface area (Å²) in [5.41, 5.74) is 2.70. The van der Waals surface area contributed by atoms with Crippen LogP contribution in [0.3, 0.4) is 0 Å². The van der Waals surface area contributed by atoms with E-state index >= 15 is 0 Å². The van der Waals surface area contributed by atoms with Crippen LogP contribution in [0.1, 0.15) is 42.5 Å². The summed E-state index contributed by atoms with van der Waals surface area (Å²) in [4.78, 5) is 12.0. The summed E-state index contributed by atoms with van der Waals surface area (Å²) in [7, 11) is -3.72. The predicted octanol–water partition coefficient (Wildman–Crippen LogP) is 5.56. The molecule has 0 aliphatic rings. The molecule has 1 aromatic heterocycles. The van der Waals surface area contributed by atoms with Crippen LogP contribution >= 0.6 is 11.6 Å². The highest BCUT2D eigenvalue weighted by Crippen LogP contribution is 2.29. The SMILES string of the molecule is CC(C)(C)NS(=O)(=O)c1ccccc1-c1ccc(Cc2cc(C(=O)O)n(-c3ccccc3Cl)n2)cc1. The Morgan fingerprint density at radius 1 is 1.00 bits per heavy atom. The third-order valence-corrected chi connectivity index (χ3v) is 7.46. The van der Waals surface area contributed by atoms with Crippen LogP contribution in [0.25, 0.3) is 16.8 Å². The number of sulfonamides is 1. The van der Waals surface area contributed by atoms with E-state index in [0.717, 1.165) is 11.1 Å². The van der Waals surface area contributed by atoms with Crippen LogP contribution in [-0.2, 0) is 16.4 Å². The molecule has 9 heteroatoms. The van der Waals surface area contributed by atoms with Crippen molar-refractivity contribution in [1.82, 2.24) is 14.5 Å². The fourth-order valence-electron chi connectivity index (χ4n) is 3.88. The Hall–Kier alpha value is -3.46. The van der Waals surface area contributed by atoms with E-state index in [1.165, 1.54) is 10.7 Å². The lowest BCUT2D eigenvalue weighted by Gasteiger charge is -2.21. The van der Waals surface area contributed by atoms with E-state index in [0.29, 0.717) is 28.4 Å². The van der Waals surface area contributed by atoms with E-state index in [1.807, 2.05) is 24.3 Å². The molecule has 0 aliphatic carbocycles. The van der Waals surface area contributed by atoms with Crippen molar-refractivity contribution in [2.45, 2.75) is 37.6 Å². The molecule has 7 nitrogen and oxygen atoms in total. The number of hydrogen-bond acceptors (Lipinski definition) is 4. The topological polar surface area (TPSA) is 101 Å². The fraction of sp³-hybridized carbons (Fsp3) is 0.185. The zero-order valence-electron chi connectivity index (χ0n) is 20.1. The molecule has 0 atom stereocenters. The average Bonchev–Trinajstić information content (AvgIpc) is 3.22. The van der Waals surface area contributed by atoms with Crippen molar-refractivity contribution in [3.8, 4) is 16.8 Å². The molecule has 0 radical (unpaired) electrons. The maximum absolute atomic E-state index is 13.0. The largest absolute Gasteiger partial charge is 0.477 e. The second-order valence-corrected chi connectivity index (χ2v) is 11.5. The molecule has 186 valence electrons. The van der Waals surface area contributed by atoms with Crippen LogP contribution in [0, 0.1) is 0 Å². The van der Waals surface area contributed by atoms with E-state index < -0.39 is 21.5 Å². The second-order valence-electron chi connectivity index (χ2n) is 9.41. The average molecular weight is 524 g/mol. The molecule has 0 spiro atoms. The molecule has 0 unspecified atom stereocenters. The highest BCUT2D eigenvalue weighted by atomic mass is 35.5. The molecule has 4 aromatic rings. The summed E-state index contributed by atoms with van der Waals surface area (Å²) < 4.78 is 30.0. The van der Waals surface area contributed by atoms with E-state index in [9.17, 15) is 18.3 Å². The molecule has 0 aliphatic heterocycles. The molecule has 36 heavy (non-hydrogen) atoms. The highest BCUT2D eigenvalue weighted by Gasteiger charge is 2.25. The van der Waals surface area contributed by atoms with E-state index in [-0.39, 0.29) is 10.6 Å². The smallest absolute Gasteiger partial charge is 0.354 e. The van der Waals surface area contributed by atoms with E-state index in [2.05, 4.69) is 9.82 Å². The first-order chi connectivity index (χ1) is 16.9. The monoisotopic (exact) mass is 523 g/mol. The summed E-state index contributed by atoms with van der Waals surface area (Å²) in [6, 6.07) is 22.8. The minimum Gasteiger partial charge on any atom is -0.477 e. The summed E-state index contributed by atoms with van der Waals surface area (Å²) in [5, 5.41) is 14.5. The fourth-order valence-corrected chi connectivity index (χ4v) is 5.75. The third-order valence-electron chi connectivity index (χ3n) is 5.33. The number of carbonyl (C=O) groups is 1. The van der Waals surface area contributed by atoms with E-state index in [1.54, 1.807) is 69.3 Å². The number of aromatic nitrogens is 2. The second kappa shape index (κ2) is 9.89. The predicted molar refractivity (Wildman–Crippen MR) is 140 cm³/mol. The molecular weight excluding hydrogens is 498 g/mol. The Kier molecular flexibility index (Phi) is 7.04.